The number of rotatable bonds is 6. The lowest BCUT2D eigenvalue weighted by atomic mass is 10.1. The number of carbonyl (C=O) groups is 1. The van der Waals surface area contributed by atoms with Crippen molar-refractivity contribution in [3.05, 3.63) is 41.8 Å². The van der Waals surface area contributed by atoms with Crippen LogP contribution in [0.3, 0.4) is 0 Å². The van der Waals surface area contributed by atoms with E-state index in [1.54, 1.807) is 0 Å². The Morgan fingerprint density at radius 2 is 2.00 bits per heavy atom. The number of nitrogens with one attached hydrogen (secondary N) is 1. The van der Waals surface area contributed by atoms with Crippen molar-refractivity contribution in [1.82, 2.24) is 20.4 Å². The van der Waals surface area contributed by atoms with Gasteiger partial charge < -0.3 is 9.32 Å². The second-order valence-corrected chi connectivity index (χ2v) is 7.15. The van der Waals surface area contributed by atoms with E-state index in [2.05, 4.69) is 25.7 Å². The van der Waals surface area contributed by atoms with Gasteiger partial charge in [-0.15, -0.1) is 15.3 Å². The Labute approximate surface area is 152 Å². The van der Waals surface area contributed by atoms with Crippen LogP contribution in [0.5, 0.6) is 0 Å². The van der Waals surface area contributed by atoms with E-state index in [0.717, 1.165) is 9.90 Å². The molecule has 0 saturated heterocycles. The van der Waals surface area contributed by atoms with Gasteiger partial charge in [0.2, 0.25) is 5.13 Å². The lowest BCUT2D eigenvalue weighted by Gasteiger charge is -2.22. The molecule has 1 N–H and O–H groups in total. The first-order chi connectivity index (χ1) is 12.1. The fourth-order valence-electron chi connectivity index (χ4n) is 2.06. The van der Waals surface area contributed by atoms with Crippen molar-refractivity contribution in [1.29, 1.82) is 0 Å². The Balaban J connectivity index is 1.69. The Morgan fingerprint density at radius 3 is 2.68 bits per heavy atom. The van der Waals surface area contributed by atoms with Gasteiger partial charge >= 0.3 is 17.8 Å². The van der Waals surface area contributed by atoms with Gasteiger partial charge in [0.1, 0.15) is 0 Å². The summed E-state index contributed by atoms with van der Waals surface area (Å²) >= 11 is 2.74. The van der Waals surface area contributed by atoms with Crippen LogP contribution in [0.15, 0.2) is 39.1 Å². The summed E-state index contributed by atoms with van der Waals surface area (Å²) in [6, 6.07) is 10.2. The molecular formula is C15H16N6O2S2. The predicted octanol–water partition coefficient (Wildman–Crippen LogP) is 3.09. The van der Waals surface area contributed by atoms with Gasteiger partial charge in [-0.25, -0.2) is 0 Å². The third-order valence-corrected chi connectivity index (χ3v) is 5.39. The van der Waals surface area contributed by atoms with Crippen molar-refractivity contribution in [2.24, 2.45) is 0 Å². The first kappa shape index (κ1) is 17.4. The second kappa shape index (κ2) is 7.62. The highest BCUT2D eigenvalue weighted by atomic mass is 32.2. The fraction of sp³-hybridized carbons (Fsp3) is 0.267. The van der Waals surface area contributed by atoms with Crippen LogP contribution in [-0.2, 0) is 0 Å². The molecule has 0 radical (unpaired) electrons. The topological polar surface area (TPSA) is 97.0 Å². The highest BCUT2D eigenvalue weighted by molar-refractivity contribution is 8.00. The maximum atomic E-state index is 12.2. The highest BCUT2D eigenvalue weighted by Crippen LogP contribution is 2.25. The molecule has 25 heavy (non-hydrogen) atoms. The maximum Gasteiger partial charge on any atom is 0.318 e. The summed E-state index contributed by atoms with van der Waals surface area (Å²) < 4.78 is 6.26. The maximum absolute atomic E-state index is 12.2. The number of nitrogens with zero attached hydrogens (tertiary/aromatic N) is 5. The molecule has 0 fully saturated rings. The van der Waals surface area contributed by atoms with Crippen molar-refractivity contribution in [3.63, 3.8) is 0 Å². The number of anilines is 2. The quantitative estimate of drug-likeness (QED) is 0.518. The summed E-state index contributed by atoms with van der Waals surface area (Å²) in [5.74, 6) is -0.633. The van der Waals surface area contributed by atoms with Crippen molar-refractivity contribution in [2.45, 2.75) is 17.3 Å². The fourth-order valence-corrected chi connectivity index (χ4v) is 3.23. The van der Waals surface area contributed by atoms with Crippen LogP contribution < -0.4 is 10.2 Å². The molecule has 3 aromatic rings. The van der Waals surface area contributed by atoms with Crippen molar-refractivity contribution >= 4 is 40.2 Å². The molecule has 130 valence electrons. The van der Waals surface area contributed by atoms with Gasteiger partial charge in [-0.3, -0.25) is 10.1 Å². The third-order valence-electron chi connectivity index (χ3n) is 3.57. The second-order valence-electron chi connectivity index (χ2n) is 5.12. The van der Waals surface area contributed by atoms with Crippen LogP contribution in [0, 0.1) is 0 Å². The van der Waals surface area contributed by atoms with E-state index in [0.29, 0.717) is 5.13 Å². The number of hydrogen-bond acceptors (Lipinski definition) is 9. The normalized spacial score (nSPS) is 12.0. The van der Waals surface area contributed by atoms with Gasteiger partial charge in [0, 0.05) is 7.05 Å². The summed E-state index contributed by atoms with van der Waals surface area (Å²) in [5.41, 5.74) is 1.10. The van der Waals surface area contributed by atoms with Crippen LogP contribution in [0.1, 0.15) is 29.2 Å². The molecule has 1 unspecified atom stereocenters. The van der Waals surface area contributed by atoms with E-state index in [1.807, 2.05) is 55.5 Å². The van der Waals surface area contributed by atoms with E-state index in [9.17, 15) is 4.79 Å². The van der Waals surface area contributed by atoms with Crippen LogP contribution in [0.2, 0.25) is 0 Å². The molecule has 0 aliphatic rings. The van der Waals surface area contributed by atoms with Gasteiger partial charge in [-0.05, 0) is 18.7 Å². The Morgan fingerprint density at radius 1 is 1.24 bits per heavy atom. The lowest BCUT2D eigenvalue weighted by molar-refractivity contribution is 0.0990. The minimum Gasteiger partial charge on any atom is -0.399 e. The van der Waals surface area contributed by atoms with E-state index in [4.69, 9.17) is 4.42 Å². The molecule has 3 rings (SSSR count). The van der Waals surface area contributed by atoms with E-state index >= 15 is 0 Å². The summed E-state index contributed by atoms with van der Waals surface area (Å²) in [7, 11) is 1.84. The summed E-state index contributed by atoms with van der Waals surface area (Å²) in [5, 5.41) is 18.6. The minimum absolute atomic E-state index is 0.0184. The molecule has 10 heteroatoms. The van der Waals surface area contributed by atoms with Crippen LogP contribution >= 0.6 is 23.1 Å². The molecule has 1 atom stereocenters. The smallest absolute Gasteiger partial charge is 0.318 e. The van der Waals surface area contributed by atoms with Crippen molar-refractivity contribution in [3.8, 4) is 0 Å². The Kier molecular flexibility index (Phi) is 5.29. The van der Waals surface area contributed by atoms with Crippen LogP contribution in [0.25, 0.3) is 0 Å². The SMILES string of the molecule is CSc1nnc(NC(=O)c2nnc(N(C)C(C)c3ccccc3)o2)s1. The van der Waals surface area contributed by atoms with Crippen molar-refractivity contribution < 1.29 is 9.21 Å². The van der Waals surface area contributed by atoms with E-state index in [-0.39, 0.29) is 17.9 Å². The molecule has 0 aliphatic carbocycles. The average Bonchev–Trinajstić information content (AvgIpc) is 3.30. The standard InChI is InChI=1S/C15H16N6O2S2/c1-9(10-7-5-4-6-8-10)21(2)14-19-17-12(23-14)11(22)16-13-18-20-15(24-3)25-13/h4-9H,1-3H3,(H,16,18,22). The number of benzene rings is 1. The molecule has 8 nitrogen and oxygen atoms in total. The molecule has 0 aliphatic heterocycles. The third kappa shape index (κ3) is 3.97. The monoisotopic (exact) mass is 376 g/mol. The molecule has 1 amide bonds. The molecule has 2 heterocycles. The average molecular weight is 376 g/mol. The molecule has 0 saturated carbocycles. The molecular weight excluding hydrogens is 360 g/mol. The lowest BCUT2D eigenvalue weighted by Crippen LogP contribution is -2.21. The number of thioether (sulfide) groups is 1. The highest BCUT2D eigenvalue weighted by Gasteiger charge is 2.21. The predicted molar refractivity (Wildman–Crippen MR) is 97.2 cm³/mol. The first-order valence-corrected chi connectivity index (χ1v) is 9.42. The number of amides is 1. The molecule has 0 spiro atoms. The van der Waals surface area contributed by atoms with E-state index < -0.39 is 5.91 Å². The number of carbonyl (C=O) groups excluding carboxylic acids is 1. The summed E-state index contributed by atoms with van der Waals surface area (Å²) in [6.07, 6.45) is 1.89. The van der Waals surface area contributed by atoms with Gasteiger partial charge in [0.05, 0.1) is 6.04 Å². The van der Waals surface area contributed by atoms with Gasteiger partial charge in [-0.1, -0.05) is 58.5 Å². The number of hydrogen-bond donors (Lipinski definition) is 1. The first-order valence-electron chi connectivity index (χ1n) is 7.38. The van der Waals surface area contributed by atoms with Crippen LogP contribution in [0.4, 0.5) is 11.1 Å². The van der Waals surface area contributed by atoms with E-state index in [1.165, 1.54) is 23.1 Å². The number of aromatic nitrogens is 4. The van der Waals surface area contributed by atoms with Gasteiger partial charge in [-0.2, -0.15) is 0 Å². The Bertz CT molecular complexity index is 851. The largest absolute Gasteiger partial charge is 0.399 e. The Hall–Kier alpha value is -2.46. The zero-order valence-electron chi connectivity index (χ0n) is 13.8. The zero-order chi connectivity index (χ0) is 17.8. The van der Waals surface area contributed by atoms with Crippen LogP contribution in [-0.4, -0.2) is 39.6 Å². The van der Waals surface area contributed by atoms with Gasteiger partial charge in [0.15, 0.2) is 4.34 Å². The summed E-state index contributed by atoms with van der Waals surface area (Å²) in [4.78, 5) is 14.0. The summed E-state index contributed by atoms with van der Waals surface area (Å²) in [6.45, 7) is 2.02. The molecule has 2 aromatic heterocycles. The van der Waals surface area contributed by atoms with Gasteiger partial charge in [0.25, 0.3) is 0 Å². The minimum atomic E-state index is -0.511. The molecule has 0 bridgehead atoms. The van der Waals surface area contributed by atoms with Crippen molar-refractivity contribution in [2.75, 3.05) is 23.5 Å². The molecule has 1 aromatic carbocycles. The zero-order valence-corrected chi connectivity index (χ0v) is 15.5.